The summed E-state index contributed by atoms with van der Waals surface area (Å²) in [6, 6.07) is 7.96. The summed E-state index contributed by atoms with van der Waals surface area (Å²) in [5.74, 6) is 0.734. The van der Waals surface area contributed by atoms with Crippen LogP contribution in [-0.4, -0.2) is 9.78 Å². The van der Waals surface area contributed by atoms with Crippen molar-refractivity contribution in [1.82, 2.24) is 15.1 Å². The second-order valence-electron chi connectivity index (χ2n) is 3.81. The summed E-state index contributed by atoms with van der Waals surface area (Å²) in [6.45, 7) is 1.62. The van der Waals surface area contributed by atoms with Crippen molar-refractivity contribution < 1.29 is 0 Å². The summed E-state index contributed by atoms with van der Waals surface area (Å²) < 4.78 is 2.83. The van der Waals surface area contributed by atoms with Gasteiger partial charge < -0.3 is 11.1 Å². The van der Waals surface area contributed by atoms with E-state index in [4.69, 9.17) is 5.73 Å². The Balaban J connectivity index is 2.14. The van der Waals surface area contributed by atoms with Crippen LogP contribution in [0.4, 0.5) is 5.82 Å². The van der Waals surface area contributed by atoms with E-state index in [2.05, 4.69) is 26.3 Å². The van der Waals surface area contributed by atoms with E-state index >= 15 is 0 Å². The summed E-state index contributed by atoms with van der Waals surface area (Å²) in [6.07, 6.45) is 0. The number of hydrogen-bond donors (Lipinski definition) is 2. The van der Waals surface area contributed by atoms with E-state index in [0.29, 0.717) is 0 Å². The first-order valence-corrected chi connectivity index (χ1v) is 5.88. The van der Waals surface area contributed by atoms with Crippen LogP contribution < -0.4 is 11.1 Å². The molecule has 1 aliphatic heterocycles. The Morgan fingerprint density at radius 1 is 1.38 bits per heavy atom. The molecule has 1 aromatic heterocycles. The Morgan fingerprint density at radius 2 is 2.25 bits per heavy atom. The molecule has 0 atom stereocenters. The SMILES string of the molecule is Nc1c2c(nn1-c1cccc(Br)c1)CNC2. The number of rotatable bonds is 1. The van der Waals surface area contributed by atoms with Crippen molar-refractivity contribution >= 4 is 21.7 Å². The molecular weight excluding hydrogens is 268 g/mol. The Hall–Kier alpha value is -1.33. The number of aromatic nitrogens is 2. The molecule has 82 valence electrons. The van der Waals surface area contributed by atoms with Crippen LogP contribution in [0.1, 0.15) is 11.3 Å². The van der Waals surface area contributed by atoms with Crippen molar-refractivity contribution in [3.8, 4) is 5.69 Å². The maximum atomic E-state index is 6.08. The van der Waals surface area contributed by atoms with E-state index in [0.717, 1.165) is 40.3 Å². The molecule has 0 saturated carbocycles. The second-order valence-corrected chi connectivity index (χ2v) is 4.72. The molecule has 0 fully saturated rings. The Labute approximate surface area is 102 Å². The number of fused-ring (bicyclic) bond motifs is 1. The molecule has 3 N–H and O–H groups in total. The minimum Gasteiger partial charge on any atom is -0.383 e. The highest BCUT2D eigenvalue weighted by molar-refractivity contribution is 9.10. The Kier molecular flexibility index (Phi) is 2.22. The van der Waals surface area contributed by atoms with Gasteiger partial charge >= 0.3 is 0 Å². The number of nitrogen functional groups attached to an aromatic ring is 1. The minimum absolute atomic E-state index is 0.734. The maximum absolute atomic E-state index is 6.08. The van der Waals surface area contributed by atoms with E-state index in [-0.39, 0.29) is 0 Å². The van der Waals surface area contributed by atoms with Crippen LogP contribution >= 0.6 is 15.9 Å². The molecule has 2 aromatic rings. The normalized spacial score (nSPS) is 14.1. The molecule has 2 heterocycles. The lowest BCUT2D eigenvalue weighted by Gasteiger charge is -2.05. The summed E-state index contributed by atoms with van der Waals surface area (Å²) >= 11 is 3.45. The molecule has 3 rings (SSSR count). The Bertz CT molecular complexity index is 547. The number of anilines is 1. The van der Waals surface area contributed by atoms with Gasteiger partial charge in [0.1, 0.15) is 5.82 Å². The molecule has 0 spiro atoms. The first kappa shape index (κ1) is 9.86. The van der Waals surface area contributed by atoms with Gasteiger partial charge in [0.25, 0.3) is 0 Å². The standard InChI is InChI=1S/C11H11BrN4/c12-7-2-1-3-8(4-7)16-11(13)9-5-14-6-10(9)15-16/h1-4,14H,5-6,13H2. The van der Waals surface area contributed by atoms with Crippen LogP contribution in [0.3, 0.4) is 0 Å². The first-order valence-electron chi connectivity index (χ1n) is 5.08. The fourth-order valence-electron chi connectivity index (χ4n) is 1.96. The van der Waals surface area contributed by atoms with Gasteiger partial charge in [0.05, 0.1) is 11.4 Å². The fourth-order valence-corrected chi connectivity index (χ4v) is 2.34. The van der Waals surface area contributed by atoms with Gasteiger partial charge in [-0.25, -0.2) is 4.68 Å². The number of nitrogens with zero attached hydrogens (tertiary/aromatic N) is 2. The van der Waals surface area contributed by atoms with Gasteiger partial charge in [-0.2, -0.15) is 5.10 Å². The van der Waals surface area contributed by atoms with Crippen LogP contribution in [0.25, 0.3) is 5.69 Å². The van der Waals surface area contributed by atoms with Crippen LogP contribution in [0.5, 0.6) is 0 Å². The highest BCUT2D eigenvalue weighted by atomic mass is 79.9. The molecule has 0 radical (unpaired) electrons. The van der Waals surface area contributed by atoms with Crippen molar-refractivity contribution in [2.45, 2.75) is 13.1 Å². The zero-order valence-corrected chi connectivity index (χ0v) is 10.2. The fraction of sp³-hybridized carbons (Fsp3) is 0.182. The topological polar surface area (TPSA) is 55.9 Å². The van der Waals surface area contributed by atoms with Gasteiger partial charge in [0.2, 0.25) is 0 Å². The van der Waals surface area contributed by atoms with Gasteiger partial charge in [-0.15, -0.1) is 0 Å². The molecular formula is C11H11BrN4. The van der Waals surface area contributed by atoms with Crippen LogP contribution in [-0.2, 0) is 13.1 Å². The lowest BCUT2D eigenvalue weighted by Crippen LogP contribution is -2.08. The molecule has 0 amide bonds. The maximum Gasteiger partial charge on any atom is 0.132 e. The van der Waals surface area contributed by atoms with Crippen LogP contribution in [0.15, 0.2) is 28.7 Å². The van der Waals surface area contributed by atoms with E-state index in [1.807, 2.05) is 24.3 Å². The molecule has 0 saturated heterocycles. The van der Waals surface area contributed by atoms with Gasteiger partial charge in [0.15, 0.2) is 0 Å². The van der Waals surface area contributed by atoms with Gasteiger partial charge in [-0.1, -0.05) is 22.0 Å². The molecule has 0 bridgehead atoms. The summed E-state index contributed by atoms with van der Waals surface area (Å²) in [7, 11) is 0. The second kappa shape index (κ2) is 3.61. The van der Waals surface area contributed by atoms with E-state index < -0.39 is 0 Å². The van der Waals surface area contributed by atoms with Crippen molar-refractivity contribution in [2.75, 3.05) is 5.73 Å². The number of benzene rings is 1. The average molecular weight is 279 g/mol. The third-order valence-electron chi connectivity index (χ3n) is 2.75. The van der Waals surface area contributed by atoms with Crippen molar-refractivity contribution in [2.24, 2.45) is 0 Å². The van der Waals surface area contributed by atoms with Gasteiger partial charge in [-0.05, 0) is 18.2 Å². The predicted molar refractivity (Wildman–Crippen MR) is 66.2 cm³/mol. The largest absolute Gasteiger partial charge is 0.383 e. The van der Waals surface area contributed by atoms with Gasteiger partial charge in [-0.3, -0.25) is 0 Å². The number of nitrogens with two attached hydrogens (primary N) is 1. The number of halogens is 1. The Morgan fingerprint density at radius 3 is 3.00 bits per heavy atom. The summed E-state index contributed by atoms with van der Waals surface area (Å²) in [5.41, 5.74) is 9.25. The number of hydrogen-bond acceptors (Lipinski definition) is 3. The molecule has 1 aliphatic rings. The molecule has 4 nitrogen and oxygen atoms in total. The smallest absolute Gasteiger partial charge is 0.132 e. The third kappa shape index (κ3) is 1.44. The molecule has 0 unspecified atom stereocenters. The first-order chi connectivity index (χ1) is 7.75. The quantitative estimate of drug-likeness (QED) is 0.837. The lowest BCUT2D eigenvalue weighted by molar-refractivity contribution is 0.725. The molecule has 5 heteroatoms. The monoisotopic (exact) mass is 278 g/mol. The van der Waals surface area contributed by atoms with E-state index in [9.17, 15) is 0 Å². The van der Waals surface area contributed by atoms with Crippen molar-refractivity contribution in [3.63, 3.8) is 0 Å². The molecule has 1 aromatic carbocycles. The molecule has 16 heavy (non-hydrogen) atoms. The van der Waals surface area contributed by atoms with Crippen LogP contribution in [0, 0.1) is 0 Å². The van der Waals surface area contributed by atoms with E-state index in [1.54, 1.807) is 4.68 Å². The summed E-state index contributed by atoms with van der Waals surface area (Å²) in [5, 5.41) is 7.74. The van der Waals surface area contributed by atoms with Crippen molar-refractivity contribution in [3.05, 3.63) is 40.0 Å². The lowest BCUT2D eigenvalue weighted by atomic mass is 10.3. The zero-order chi connectivity index (χ0) is 11.1. The third-order valence-corrected chi connectivity index (χ3v) is 3.25. The van der Waals surface area contributed by atoms with Crippen molar-refractivity contribution in [1.29, 1.82) is 0 Å². The van der Waals surface area contributed by atoms with Crippen LogP contribution in [0.2, 0.25) is 0 Å². The highest BCUT2D eigenvalue weighted by Crippen LogP contribution is 2.25. The molecule has 0 aliphatic carbocycles. The highest BCUT2D eigenvalue weighted by Gasteiger charge is 2.20. The summed E-state index contributed by atoms with van der Waals surface area (Å²) in [4.78, 5) is 0. The van der Waals surface area contributed by atoms with E-state index in [1.165, 1.54) is 0 Å². The van der Waals surface area contributed by atoms with Gasteiger partial charge in [0, 0.05) is 23.1 Å². The minimum atomic E-state index is 0.734. The number of nitrogens with one attached hydrogen (secondary N) is 1. The average Bonchev–Trinajstić information content (AvgIpc) is 2.82. The predicted octanol–water partition coefficient (Wildman–Crippen LogP) is 1.82. The zero-order valence-electron chi connectivity index (χ0n) is 8.57.